The number of unbranched alkanes of at least 4 members (excludes halogenated alkanes) is 1. The Morgan fingerprint density at radius 3 is 2.67 bits per heavy atom. The van der Waals surface area contributed by atoms with Crippen LogP contribution in [0.3, 0.4) is 0 Å². The summed E-state index contributed by atoms with van der Waals surface area (Å²) in [5.74, 6) is 0.256. The monoisotopic (exact) mass is 417 g/mol. The zero-order valence-corrected chi connectivity index (χ0v) is 18.0. The van der Waals surface area contributed by atoms with E-state index in [4.69, 9.17) is 4.98 Å². The lowest BCUT2D eigenvalue weighted by atomic mass is 10.0. The molecule has 1 aliphatic heterocycles. The van der Waals surface area contributed by atoms with Gasteiger partial charge >= 0.3 is 0 Å². The fraction of sp³-hybridized carbons (Fsp3) is 0.360. The van der Waals surface area contributed by atoms with E-state index in [0.717, 1.165) is 51.4 Å². The normalized spacial score (nSPS) is 15.2. The molecule has 1 saturated heterocycles. The largest absolute Gasteiger partial charge is 0.303 e. The van der Waals surface area contributed by atoms with Crippen LogP contribution in [0.25, 0.3) is 26.4 Å². The van der Waals surface area contributed by atoms with Crippen molar-refractivity contribution in [2.75, 3.05) is 19.6 Å². The summed E-state index contributed by atoms with van der Waals surface area (Å²) in [5, 5.41) is 0. The smallest absolute Gasteiger partial charge is 0.195 e. The van der Waals surface area contributed by atoms with Crippen molar-refractivity contribution >= 4 is 32.3 Å². The average molecular weight is 418 g/mol. The highest BCUT2D eigenvalue weighted by Gasteiger charge is 2.14. The molecular formula is C25H27N3OS. The molecule has 0 atom stereocenters. The fourth-order valence-corrected chi connectivity index (χ4v) is 5.42. The second-order valence-corrected chi connectivity index (χ2v) is 9.22. The topological polar surface area (TPSA) is 37.6 Å². The molecule has 0 aliphatic carbocycles. The Bertz CT molecular complexity index is 1160. The number of carbonyl (C=O) groups is 1. The molecule has 4 aromatic rings. The van der Waals surface area contributed by atoms with Gasteiger partial charge in [0.15, 0.2) is 10.7 Å². The maximum absolute atomic E-state index is 12.7. The van der Waals surface area contributed by atoms with Gasteiger partial charge in [0.1, 0.15) is 0 Å². The molecule has 0 amide bonds. The van der Waals surface area contributed by atoms with Gasteiger partial charge in [0.25, 0.3) is 0 Å². The van der Waals surface area contributed by atoms with Gasteiger partial charge in [-0.25, -0.2) is 4.98 Å². The summed E-state index contributed by atoms with van der Waals surface area (Å²) >= 11 is 1.65. The van der Waals surface area contributed by atoms with Crippen molar-refractivity contribution in [3.8, 4) is 11.3 Å². The highest BCUT2D eigenvalue weighted by Crippen LogP contribution is 2.30. The molecule has 3 heterocycles. The third kappa shape index (κ3) is 4.05. The molecule has 0 spiro atoms. The zero-order valence-electron chi connectivity index (χ0n) is 17.2. The highest BCUT2D eigenvalue weighted by atomic mass is 32.1. The number of imidazole rings is 1. The molecule has 5 rings (SSSR count). The number of likely N-dealkylation sites (tertiary alicyclic amines) is 1. The van der Waals surface area contributed by atoms with Crippen molar-refractivity contribution in [2.24, 2.45) is 0 Å². The SMILES string of the molecule is O=C(CCCCN1CCCCC1)c1ccc2c(c1)sc1nc(-c3ccccc3)cn12. The minimum atomic E-state index is 0.256. The number of carbonyl (C=O) groups excluding carboxylic acids is 1. The summed E-state index contributed by atoms with van der Waals surface area (Å²) in [6.45, 7) is 3.60. The van der Waals surface area contributed by atoms with Crippen LogP contribution in [0, 0.1) is 0 Å². The van der Waals surface area contributed by atoms with E-state index < -0.39 is 0 Å². The number of aromatic nitrogens is 2. The van der Waals surface area contributed by atoms with Gasteiger partial charge in [0.2, 0.25) is 0 Å². The number of hydrogen-bond acceptors (Lipinski definition) is 4. The number of ketones is 1. The number of benzene rings is 2. The van der Waals surface area contributed by atoms with E-state index in [9.17, 15) is 4.79 Å². The lowest BCUT2D eigenvalue weighted by Gasteiger charge is -2.26. The van der Waals surface area contributed by atoms with Gasteiger partial charge in [0, 0.05) is 23.7 Å². The second-order valence-electron chi connectivity index (χ2n) is 8.21. The number of piperidine rings is 1. The van der Waals surface area contributed by atoms with Crippen molar-refractivity contribution < 1.29 is 4.79 Å². The van der Waals surface area contributed by atoms with Gasteiger partial charge in [-0.05, 0) is 63.5 Å². The first-order valence-corrected chi connectivity index (χ1v) is 11.8. The molecule has 1 fully saturated rings. The van der Waals surface area contributed by atoms with Gasteiger partial charge in [-0.15, -0.1) is 0 Å². The lowest BCUT2D eigenvalue weighted by Crippen LogP contribution is -2.30. The Morgan fingerprint density at radius 2 is 1.83 bits per heavy atom. The van der Waals surface area contributed by atoms with Crippen LogP contribution in [0.5, 0.6) is 0 Å². The molecule has 2 aromatic carbocycles. The standard InChI is InChI=1S/C25H27N3OS/c29-23(11-5-8-16-27-14-6-2-7-15-27)20-12-13-22-24(17-20)30-25-26-21(18-28(22)25)19-9-3-1-4-10-19/h1,3-4,9-10,12-13,17-18H,2,5-8,11,14-16H2. The average Bonchev–Trinajstić information content (AvgIpc) is 3.35. The number of thiazole rings is 1. The van der Waals surface area contributed by atoms with E-state index >= 15 is 0 Å². The third-order valence-corrected chi connectivity index (χ3v) is 7.08. The summed E-state index contributed by atoms with van der Waals surface area (Å²) < 4.78 is 3.26. The van der Waals surface area contributed by atoms with Crippen molar-refractivity contribution in [2.45, 2.75) is 38.5 Å². The molecule has 2 aromatic heterocycles. The summed E-state index contributed by atoms with van der Waals surface area (Å²) in [4.78, 5) is 21.0. The van der Waals surface area contributed by atoms with Crippen LogP contribution in [0.2, 0.25) is 0 Å². The van der Waals surface area contributed by atoms with Crippen LogP contribution in [-0.2, 0) is 0 Å². The molecule has 5 heteroatoms. The van der Waals surface area contributed by atoms with E-state index in [2.05, 4.69) is 33.7 Å². The van der Waals surface area contributed by atoms with Crippen LogP contribution >= 0.6 is 11.3 Å². The number of nitrogens with zero attached hydrogens (tertiary/aromatic N) is 3. The van der Waals surface area contributed by atoms with Crippen LogP contribution < -0.4 is 0 Å². The Hall–Kier alpha value is -2.50. The van der Waals surface area contributed by atoms with E-state index in [1.54, 1.807) is 11.3 Å². The molecule has 1 aliphatic rings. The summed E-state index contributed by atoms with van der Waals surface area (Å²) in [5.41, 5.74) is 4.05. The maximum Gasteiger partial charge on any atom is 0.195 e. The highest BCUT2D eigenvalue weighted by molar-refractivity contribution is 7.23. The van der Waals surface area contributed by atoms with Gasteiger partial charge < -0.3 is 4.90 Å². The Morgan fingerprint density at radius 1 is 1.00 bits per heavy atom. The number of fused-ring (bicyclic) bond motifs is 3. The molecule has 0 unspecified atom stereocenters. The van der Waals surface area contributed by atoms with Gasteiger partial charge in [-0.1, -0.05) is 48.1 Å². The Kier molecular flexibility index (Phi) is 5.65. The minimum absolute atomic E-state index is 0.256. The summed E-state index contributed by atoms with van der Waals surface area (Å²) in [6.07, 6.45) is 8.85. The van der Waals surface area contributed by atoms with Crippen LogP contribution in [0.15, 0.2) is 54.7 Å². The van der Waals surface area contributed by atoms with E-state index in [1.165, 1.54) is 32.4 Å². The Balaban J connectivity index is 1.26. The Labute approximate surface area is 181 Å². The fourth-order valence-electron chi connectivity index (χ4n) is 4.37. The van der Waals surface area contributed by atoms with E-state index in [1.807, 2.05) is 30.3 Å². The lowest BCUT2D eigenvalue weighted by molar-refractivity contribution is 0.0977. The van der Waals surface area contributed by atoms with E-state index in [-0.39, 0.29) is 5.78 Å². The van der Waals surface area contributed by atoms with Gasteiger partial charge in [-0.3, -0.25) is 9.20 Å². The first-order chi connectivity index (χ1) is 14.8. The maximum atomic E-state index is 12.7. The van der Waals surface area contributed by atoms with Crippen LogP contribution in [-0.4, -0.2) is 39.7 Å². The van der Waals surface area contributed by atoms with Crippen molar-refractivity contribution in [1.29, 1.82) is 0 Å². The molecule has 30 heavy (non-hydrogen) atoms. The minimum Gasteiger partial charge on any atom is -0.303 e. The second kappa shape index (κ2) is 8.70. The summed E-state index contributed by atoms with van der Waals surface area (Å²) in [6, 6.07) is 16.3. The number of rotatable bonds is 7. The quantitative estimate of drug-likeness (QED) is 0.271. The molecule has 4 nitrogen and oxygen atoms in total. The third-order valence-electron chi connectivity index (χ3n) is 6.06. The van der Waals surface area contributed by atoms with Crippen molar-refractivity contribution in [3.63, 3.8) is 0 Å². The van der Waals surface area contributed by atoms with Crippen LogP contribution in [0.4, 0.5) is 0 Å². The molecule has 0 saturated carbocycles. The molecule has 0 bridgehead atoms. The molecule has 0 radical (unpaired) electrons. The first kappa shape index (κ1) is 19.5. The predicted molar refractivity (Wildman–Crippen MR) is 124 cm³/mol. The number of Topliss-reactive ketones (excluding diaryl/α,β-unsaturated/α-hetero) is 1. The molecule has 0 N–H and O–H groups in total. The van der Waals surface area contributed by atoms with Gasteiger partial charge in [-0.2, -0.15) is 0 Å². The first-order valence-electron chi connectivity index (χ1n) is 11.0. The summed E-state index contributed by atoms with van der Waals surface area (Å²) in [7, 11) is 0. The van der Waals surface area contributed by atoms with Crippen molar-refractivity contribution in [1.82, 2.24) is 14.3 Å². The molecule has 154 valence electrons. The van der Waals surface area contributed by atoms with Gasteiger partial charge in [0.05, 0.1) is 15.9 Å². The predicted octanol–water partition coefficient (Wildman–Crippen LogP) is 6.05. The van der Waals surface area contributed by atoms with Crippen molar-refractivity contribution in [3.05, 3.63) is 60.3 Å². The molecular weight excluding hydrogens is 390 g/mol. The number of hydrogen-bond donors (Lipinski definition) is 0. The zero-order chi connectivity index (χ0) is 20.3. The van der Waals surface area contributed by atoms with E-state index in [0.29, 0.717) is 6.42 Å². The van der Waals surface area contributed by atoms with Crippen LogP contribution in [0.1, 0.15) is 48.9 Å².